The van der Waals surface area contributed by atoms with E-state index in [1.165, 1.54) is 4.90 Å². The van der Waals surface area contributed by atoms with Crippen LogP contribution in [0.3, 0.4) is 0 Å². The molecule has 0 bridgehead atoms. The molecule has 0 unspecified atom stereocenters. The summed E-state index contributed by atoms with van der Waals surface area (Å²) in [6.45, 7) is 3.90. The molecular weight excluding hydrogens is 520 g/mol. The summed E-state index contributed by atoms with van der Waals surface area (Å²) < 4.78 is 5.07. The summed E-state index contributed by atoms with van der Waals surface area (Å²) in [4.78, 5) is 58.9. The highest BCUT2D eigenvalue weighted by Crippen LogP contribution is 2.54. The van der Waals surface area contributed by atoms with Crippen LogP contribution in [0.25, 0.3) is 10.9 Å². The van der Waals surface area contributed by atoms with E-state index in [0.717, 1.165) is 22.0 Å². The smallest absolute Gasteiger partial charge is 0.338 e. The van der Waals surface area contributed by atoms with Gasteiger partial charge in [-0.3, -0.25) is 19.7 Å². The van der Waals surface area contributed by atoms with E-state index in [-0.39, 0.29) is 18.4 Å². The Balaban J connectivity index is 1.33. The van der Waals surface area contributed by atoms with E-state index in [0.29, 0.717) is 28.9 Å². The summed E-state index contributed by atoms with van der Waals surface area (Å²) in [7, 11) is 0. The molecule has 41 heavy (non-hydrogen) atoms. The van der Waals surface area contributed by atoms with Gasteiger partial charge < -0.3 is 15.0 Å². The number of rotatable bonds is 5. The zero-order chi connectivity index (χ0) is 28.5. The third kappa shape index (κ3) is 3.58. The third-order valence-electron chi connectivity index (χ3n) is 8.62. The second-order valence-corrected chi connectivity index (χ2v) is 10.9. The van der Waals surface area contributed by atoms with E-state index < -0.39 is 35.3 Å². The zero-order valence-corrected chi connectivity index (χ0v) is 22.6. The lowest BCUT2D eigenvalue weighted by atomic mass is 9.76. The molecule has 3 aliphatic rings. The van der Waals surface area contributed by atoms with Crippen LogP contribution < -0.4 is 15.5 Å². The van der Waals surface area contributed by atoms with Gasteiger partial charge in [-0.05, 0) is 62.2 Å². The number of aromatic amines is 1. The van der Waals surface area contributed by atoms with Crippen LogP contribution in [0.5, 0.6) is 0 Å². The van der Waals surface area contributed by atoms with Gasteiger partial charge in [-0.25, -0.2) is 9.69 Å². The van der Waals surface area contributed by atoms with Crippen molar-refractivity contribution in [2.45, 2.75) is 31.8 Å². The van der Waals surface area contributed by atoms with E-state index in [1.807, 2.05) is 55.6 Å². The van der Waals surface area contributed by atoms with Crippen LogP contribution in [0.1, 0.15) is 34.0 Å². The number of para-hydroxylation sites is 1. The van der Waals surface area contributed by atoms with Crippen molar-refractivity contribution >= 4 is 46.0 Å². The van der Waals surface area contributed by atoms with Crippen LogP contribution in [0.2, 0.25) is 0 Å². The minimum absolute atomic E-state index is 0.239. The van der Waals surface area contributed by atoms with Crippen LogP contribution in [0.15, 0.2) is 72.9 Å². The van der Waals surface area contributed by atoms with Crippen molar-refractivity contribution in [3.8, 4) is 0 Å². The molecule has 4 aromatic rings. The summed E-state index contributed by atoms with van der Waals surface area (Å²) >= 11 is 0. The topological polar surface area (TPSA) is 121 Å². The second kappa shape index (κ2) is 9.14. The number of nitrogens with one attached hydrogen (secondary N) is 3. The molecule has 0 saturated carbocycles. The average Bonchev–Trinajstić information content (AvgIpc) is 3.68. The van der Waals surface area contributed by atoms with Gasteiger partial charge in [0.25, 0.3) is 0 Å². The normalized spacial score (nSPS) is 24.7. The van der Waals surface area contributed by atoms with Gasteiger partial charge in [0.1, 0.15) is 5.54 Å². The largest absolute Gasteiger partial charge is 0.462 e. The van der Waals surface area contributed by atoms with Crippen molar-refractivity contribution in [3.63, 3.8) is 0 Å². The number of aryl methyl sites for hydroxylation is 1. The van der Waals surface area contributed by atoms with Crippen LogP contribution in [-0.2, 0) is 31.1 Å². The Morgan fingerprint density at radius 1 is 1.00 bits per heavy atom. The molecule has 3 amide bonds. The highest BCUT2D eigenvalue weighted by atomic mass is 16.5. The summed E-state index contributed by atoms with van der Waals surface area (Å²) in [5.41, 5.74) is 3.52. The van der Waals surface area contributed by atoms with Crippen molar-refractivity contribution in [3.05, 3.63) is 95.2 Å². The monoisotopic (exact) mass is 548 g/mol. The zero-order valence-electron chi connectivity index (χ0n) is 22.6. The summed E-state index contributed by atoms with van der Waals surface area (Å²) in [5.74, 6) is -3.35. The Morgan fingerprint density at radius 3 is 2.56 bits per heavy atom. The molecule has 0 radical (unpaired) electrons. The number of amides is 3. The fourth-order valence-electron chi connectivity index (χ4n) is 6.84. The quantitative estimate of drug-likeness (QED) is 0.258. The number of ether oxygens (including phenoxy) is 1. The fraction of sp³-hybridized carbons (Fsp3) is 0.250. The highest BCUT2D eigenvalue weighted by molar-refractivity contribution is 6.26. The number of anilines is 2. The van der Waals surface area contributed by atoms with Gasteiger partial charge in [0.05, 0.1) is 29.7 Å². The van der Waals surface area contributed by atoms with Crippen molar-refractivity contribution in [2.24, 2.45) is 11.8 Å². The maximum Gasteiger partial charge on any atom is 0.338 e. The standard InChI is InChI=1S/C32H28N4O5/c1-3-41-30(39)18-9-11-20(12-10-18)36-28(37)26-25(15-19-16-33-23-7-5-4-6-21(19)23)35-32(27(26)29(36)38)22-14-17(2)8-13-24(22)34-31(32)40/h4-14,16,25-27,33,35H,3,15H2,1-2H3,(H,34,40)/t25-,26+,27-,32-/m0/s1. The number of esters is 1. The maximum atomic E-state index is 14.3. The highest BCUT2D eigenvalue weighted by Gasteiger charge is 2.70. The van der Waals surface area contributed by atoms with Crippen LogP contribution >= 0.6 is 0 Å². The molecule has 4 atom stereocenters. The predicted octanol–water partition coefficient (Wildman–Crippen LogP) is 3.82. The minimum atomic E-state index is -1.39. The molecule has 0 aliphatic carbocycles. The summed E-state index contributed by atoms with van der Waals surface area (Å²) in [5, 5.41) is 7.51. The van der Waals surface area contributed by atoms with E-state index in [4.69, 9.17) is 4.74 Å². The molecule has 1 spiro atoms. The van der Waals surface area contributed by atoms with Gasteiger partial charge in [-0.2, -0.15) is 0 Å². The number of fused-ring (bicyclic) bond motifs is 5. The van der Waals surface area contributed by atoms with Crippen LogP contribution in [0.4, 0.5) is 11.4 Å². The number of carbonyl (C=O) groups is 4. The lowest BCUT2D eigenvalue weighted by Crippen LogP contribution is -2.53. The molecule has 7 rings (SSSR count). The Labute approximate surface area is 235 Å². The van der Waals surface area contributed by atoms with Gasteiger partial charge in [0, 0.05) is 34.4 Å². The van der Waals surface area contributed by atoms with Crippen LogP contribution in [-0.4, -0.2) is 41.3 Å². The number of carbonyl (C=O) groups excluding carboxylic acids is 4. The molecule has 206 valence electrons. The lowest BCUT2D eigenvalue weighted by molar-refractivity contribution is -0.130. The Hall–Kier alpha value is -4.76. The average molecular weight is 549 g/mol. The Kier molecular flexibility index (Phi) is 5.62. The van der Waals surface area contributed by atoms with E-state index in [9.17, 15) is 19.2 Å². The molecular formula is C32H28N4O5. The van der Waals surface area contributed by atoms with Gasteiger partial charge in [-0.1, -0.05) is 35.9 Å². The van der Waals surface area contributed by atoms with Crippen molar-refractivity contribution in [1.82, 2.24) is 10.3 Å². The summed E-state index contributed by atoms with van der Waals surface area (Å²) in [6.07, 6.45) is 2.36. The first-order valence-electron chi connectivity index (χ1n) is 13.7. The summed E-state index contributed by atoms with van der Waals surface area (Å²) in [6, 6.07) is 19.3. The number of nitrogens with zero attached hydrogens (tertiary/aromatic N) is 1. The second-order valence-electron chi connectivity index (χ2n) is 10.9. The van der Waals surface area contributed by atoms with Crippen molar-refractivity contribution in [2.75, 3.05) is 16.8 Å². The maximum absolute atomic E-state index is 14.3. The fourth-order valence-corrected chi connectivity index (χ4v) is 6.84. The number of hydrogen-bond acceptors (Lipinski definition) is 6. The number of imide groups is 1. The third-order valence-corrected chi connectivity index (χ3v) is 8.62. The molecule has 3 N–H and O–H groups in total. The van der Waals surface area contributed by atoms with Gasteiger partial charge >= 0.3 is 5.97 Å². The predicted molar refractivity (Wildman–Crippen MR) is 152 cm³/mol. The SMILES string of the molecule is CCOC(=O)c1ccc(N2C(=O)[C@@H]3[C@H](Cc4c[nH]c5ccccc45)N[C@]4(C(=O)Nc5ccc(C)cc54)[C@@H]3C2=O)cc1. The van der Waals surface area contributed by atoms with E-state index in [1.54, 1.807) is 31.2 Å². The Morgan fingerprint density at radius 2 is 1.78 bits per heavy atom. The van der Waals surface area contributed by atoms with E-state index in [2.05, 4.69) is 15.6 Å². The lowest BCUT2D eigenvalue weighted by Gasteiger charge is -2.29. The Bertz CT molecular complexity index is 1760. The van der Waals surface area contributed by atoms with Gasteiger partial charge in [0.15, 0.2) is 0 Å². The van der Waals surface area contributed by atoms with Gasteiger partial charge in [-0.15, -0.1) is 0 Å². The number of aromatic nitrogens is 1. The number of hydrogen-bond donors (Lipinski definition) is 3. The molecule has 2 saturated heterocycles. The molecule has 9 heteroatoms. The van der Waals surface area contributed by atoms with Crippen molar-refractivity contribution in [1.29, 1.82) is 0 Å². The van der Waals surface area contributed by atoms with E-state index >= 15 is 0 Å². The first-order valence-corrected chi connectivity index (χ1v) is 13.7. The number of H-pyrrole nitrogens is 1. The molecule has 3 aromatic carbocycles. The first-order chi connectivity index (χ1) is 19.8. The molecule has 9 nitrogen and oxygen atoms in total. The molecule has 3 aliphatic heterocycles. The molecule has 2 fully saturated rings. The van der Waals surface area contributed by atoms with Gasteiger partial charge in [0.2, 0.25) is 17.7 Å². The first kappa shape index (κ1) is 25.2. The van der Waals surface area contributed by atoms with Crippen LogP contribution in [0, 0.1) is 18.8 Å². The number of benzene rings is 3. The minimum Gasteiger partial charge on any atom is -0.462 e. The molecule has 1 aromatic heterocycles. The molecule has 4 heterocycles. The van der Waals surface area contributed by atoms with Crippen molar-refractivity contribution < 1.29 is 23.9 Å².